The minimum absolute atomic E-state index is 0.00395. The summed E-state index contributed by atoms with van der Waals surface area (Å²) >= 11 is 0. The Morgan fingerprint density at radius 3 is 2.62 bits per heavy atom. The fourth-order valence-corrected chi connectivity index (χ4v) is 3.95. The Bertz CT molecular complexity index is 626. The van der Waals surface area contributed by atoms with Gasteiger partial charge in [0.15, 0.2) is 5.82 Å². The topological polar surface area (TPSA) is 128 Å². The Morgan fingerprint density at radius 2 is 2.05 bits per heavy atom. The quantitative estimate of drug-likeness (QED) is 0.673. The lowest BCUT2D eigenvalue weighted by Gasteiger charge is -2.20. The van der Waals surface area contributed by atoms with E-state index >= 15 is 0 Å². The first-order valence-corrected chi connectivity index (χ1v) is 8.04. The van der Waals surface area contributed by atoms with E-state index in [-0.39, 0.29) is 17.3 Å². The molecule has 1 amide bonds. The van der Waals surface area contributed by atoms with Crippen LogP contribution in [0.4, 0.5) is 5.82 Å². The molecule has 0 spiro atoms. The van der Waals surface area contributed by atoms with E-state index in [0.29, 0.717) is 32.6 Å². The molecule has 0 atom stereocenters. The summed E-state index contributed by atoms with van der Waals surface area (Å²) in [5.74, 6) is -0.418. The SMILES string of the molecule is Cn1cc(S(=O)(=O)N2CCCN(CC(N)=O)CC2)c(N)n1. The summed E-state index contributed by atoms with van der Waals surface area (Å²) in [5.41, 5.74) is 10.8. The van der Waals surface area contributed by atoms with Gasteiger partial charge in [-0.05, 0) is 13.0 Å². The fourth-order valence-electron chi connectivity index (χ4n) is 2.39. The maximum absolute atomic E-state index is 12.6. The molecule has 21 heavy (non-hydrogen) atoms. The maximum Gasteiger partial charge on any atom is 0.248 e. The van der Waals surface area contributed by atoms with Gasteiger partial charge < -0.3 is 11.5 Å². The van der Waals surface area contributed by atoms with E-state index < -0.39 is 15.9 Å². The number of rotatable bonds is 4. The number of aryl methyl sites for hydroxylation is 1. The summed E-state index contributed by atoms with van der Waals surface area (Å²) in [6, 6.07) is 0. The van der Waals surface area contributed by atoms with Gasteiger partial charge in [-0.25, -0.2) is 8.42 Å². The number of amides is 1. The smallest absolute Gasteiger partial charge is 0.248 e. The Labute approximate surface area is 123 Å². The third-order valence-electron chi connectivity index (χ3n) is 3.37. The number of anilines is 1. The molecule has 1 aromatic rings. The molecular formula is C11H20N6O3S. The molecule has 0 saturated carbocycles. The van der Waals surface area contributed by atoms with E-state index in [1.165, 1.54) is 15.2 Å². The van der Waals surface area contributed by atoms with Gasteiger partial charge in [0.25, 0.3) is 0 Å². The van der Waals surface area contributed by atoms with Gasteiger partial charge in [-0.2, -0.15) is 9.40 Å². The Balaban J connectivity index is 2.14. The van der Waals surface area contributed by atoms with Crippen molar-refractivity contribution in [1.29, 1.82) is 0 Å². The number of sulfonamides is 1. The molecule has 10 heteroatoms. The third kappa shape index (κ3) is 3.52. The summed E-state index contributed by atoms with van der Waals surface area (Å²) < 4.78 is 27.9. The normalized spacial score (nSPS) is 18.5. The molecule has 0 aromatic carbocycles. The van der Waals surface area contributed by atoms with Crippen molar-refractivity contribution in [2.75, 3.05) is 38.5 Å². The molecule has 9 nitrogen and oxygen atoms in total. The average Bonchev–Trinajstić information content (AvgIpc) is 2.60. The van der Waals surface area contributed by atoms with Gasteiger partial charge in [0.05, 0.1) is 6.54 Å². The highest BCUT2D eigenvalue weighted by atomic mass is 32.2. The molecule has 1 aliphatic heterocycles. The number of carbonyl (C=O) groups excluding carboxylic acids is 1. The molecule has 0 bridgehead atoms. The Morgan fingerprint density at radius 1 is 1.33 bits per heavy atom. The van der Waals surface area contributed by atoms with Crippen molar-refractivity contribution < 1.29 is 13.2 Å². The number of nitrogens with zero attached hydrogens (tertiary/aromatic N) is 4. The molecule has 0 radical (unpaired) electrons. The summed E-state index contributed by atoms with van der Waals surface area (Å²) in [6.45, 7) is 1.92. The second-order valence-electron chi connectivity index (χ2n) is 5.05. The molecular weight excluding hydrogens is 296 g/mol. The zero-order chi connectivity index (χ0) is 15.6. The van der Waals surface area contributed by atoms with Crippen LogP contribution in [0.2, 0.25) is 0 Å². The Hall–Kier alpha value is -1.65. The van der Waals surface area contributed by atoms with Crippen molar-refractivity contribution in [3.63, 3.8) is 0 Å². The molecule has 1 saturated heterocycles. The molecule has 0 unspecified atom stereocenters. The van der Waals surface area contributed by atoms with Crippen LogP contribution in [0.3, 0.4) is 0 Å². The lowest BCUT2D eigenvalue weighted by molar-refractivity contribution is -0.119. The van der Waals surface area contributed by atoms with Crippen LogP contribution in [-0.2, 0) is 21.9 Å². The van der Waals surface area contributed by atoms with Crippen molar-refractivity contribution in [2.45, 2.75) is 11.3 Å². The van der Waals surface area contributed by atoms with Crippen LogP contribution >= 0.6 is 0 Å². The summed E-state index contributed by atoms with van der Waals surface area (Å²) in [7, 11) is -2.05. The molecule has 4 N–H and O–H groups in total. The lowest BCUT2D eigenvalue weighted by atomic mass is 10.4. The fraction of sp³-hybridized carbons (Fsp3) is 0.636. The summed E-state index contributed by atoms with van der Waals surface area (Å²) in [4.78, 5) is 12.8. The van der Waals surface area contributed by atoms with Crippen molar-refractivity contribution in [3.8, 4) is 0 Å². The highest BCUT2D eigenvalue weighted by Gasteiger charge is 2.30. The molecule has 1 aromatic heterocycles. The molecule has 0 aliphatic carbocycles. The molecule has 118 valence electrons. The standard InChI is InChI=1S/C11H20N6O3S/c1-15-7-9(11(13)14-15)21(19,20)17-4-2-3-16(5-6-17)8-10(12)18/h7H,2-6,8H2,1H3,(H2,12,18)(H2,13,14). The van der Waals surface area contributed by atoms with Crippen LogP contribution in [-0.4, -0.2) is 66.0 Å². The summed E-state index contributed by atoms with van der Waals surface area (Å²) in [5, 5.41) is 3.87. The van der Waals surface area contributed by atoms with E-state index in [1.807, 2.05) is 4.90 Å². The molecule has 1 fully saturated rings. The van der Waals surface area contributed by atoms with Crippen LogP contribution in [0.25, 0.3) is 0 Å². The number of hydrogen-bond acceptors (Lipinski definition) is 6. The van der Waals surface area contributed by atoms with Crippen LogP contribution in [0.15, 0.2) is 11.1 Å². The van der Waals surface area contributed by atoms with Crippen LogP contribution < -0.4 is 11.5 Å². The molecule has 1 aliphatic rings. The minimum Gasteiger partial charge on any atom is -0.381 e. The first-order valence-electron chi connectivity index (χ1n) is 6.60. The Kier molecular flexibility index (Phi) is 4.49. The largest absolute Gasteiger partial charge is 0.381 e. The first kappa shape index (κ1) is 15.7. The monoisotopic (exact) mass is 316 g/mol. The van der Waals surface area contributed by atoms with Gasteiger partial charge >= 0.3 is 0 Å². The zero-order valence-electron chi connectivity index (χ0n) is 11.9. The number of primary amides is 1. The highest BCUT2D eigenvalue weighted by molar-refractivity contribution is 7.89. The van der Waals surface area contributed by atoms with Gasteiger partial charge in [0.2, 0.25) is 15.9 Å². The predicted molar refractivity (Wildman–Crippen MR) is 76.6 cm³/mol. The van der Waals surface area contributed by atoms with Crippen LogP contribution in [0, 0.1) is 0 Å². The maximum atomic E-state index is 12.6. The van der Waals surface area contributed by atoms with E-state index in [1.54, 1.807) is 7.05 Å². The van der Waals surface area contributed by atoms with Crippen molar-refractivity contribution in [1.82, 2.24) is 19.0 Å². The number of carbonyl (C=O) groups is 1. The number of hydrogen-bond donors (Lipinski definition) is 2. The molecule has 2 rings (SSSR count). The lowest BCUT2D eigenvalue weighted by Crippen LogP contribution is -2.38. The minimum atomic E-state index is -3.66. The van der Waals surface area contributed by atoms with E-state index in [4.69, 9.17) is 11.5 Å². The van der Waals surface area contributed by atoms with E-state index in [9.17, 15) is 13.2 Å². The zero-order valence-corrected chi connectivity index (χ0v) is 12.7. The predicted octanol–water partition coefficient (Wildman–Crippen LogP) is -1.82. The van der Waals surface area contributed by atoms with Gasteiger partial charge in [0, 0.05) is 32.9 Å². The second-order valence-corrected chi connectivity index (χ2v) is 6.96. The number of nitrogens with two attached hydrogens (primary N) is 2. The average molecular weight is 316 g/mol. The number of aromatic nitrogens is 2. The van der Waals surface area contributed by atoms with Gasteiger partial charge in [-0.3, -0.25) is 14.4 Å². The second kappa shape index (κ2) is 6.00. The van der Waals surface area contributed by atoms with Crippen LogP contribution in [0.1, 0.15) is 6.42 Å². The number of nitrogen functional groups attached to an aromatic ring is 1. The van der Waals surface area contributed by atoms with Gasteiger partial charge in [-0.15, -0.1) is 0 Å². The van der Waals surface area contributed by atoms with Crippen molar-refractivity contribution in [2.24, 2.45) is 12.8 Å². The van der Waals surface area contributed by atoms with Crippen LogP contribution in [0.5, 0.6) is 0 Å². The van der Waals surface area contributed by atoms with Gasteiger partial charge in [0.1, 0.15) is 4.90 Å². The first-order chi connectivity index (χ1) is 9.80. The van der Waals surface area contributed by atoms with E-state index in [0.717, 1.165) is 0 Å². The van der Waals surface area contributed by atoms with Crippen molar-refractivity contribution >= 4 is 21.7 Å². The van der Waals surface area contributed by atoms with E-state index in [2.05, 4.69) is 5.10 Å². The highest BCUT2D eigenvalue weighted by Crippen LogP contribution is 2.21. The van der Waals surface area contributed by atoms with Crippen molar-refractivity contribution in [3.05, 3.63) is 6.20 Å². The third-order valence-corrected chi connectivity index (χ3v) is 5.28. The molecule has 2 heterocycles. The van der Waals surface area contributed by atoms with Gasteiger partial charge in [-0.1, -0.05) is 0 Å². The summed E-state index contributed by atoms with van der Waals surface area (Å²) in [6.07, 6.45) is 2.03.